The van der Waals surface area contributed by atoms with Gasteiger partial charge in [0.25, 0.3) is 11.6 Å². The van der Waals surface area contributed by atoms with Gasteiger partial charge in [-0.2, -0.15) is 13.2 Å². The van der Waals surface area contributed by atoms with Crippen molar-refractivity contribution in [3.63, 3.8) is 0 Å². The number of carbonyl (C=O) groups excluding carboxylic acids is 1. The Morgan fingerprint density at radius 2 is 2.00 bits per heavy atom. The van der Waals surface area contributed by atoms with Crippen LogP contribution in [-0.2, 0) is 11.0 Å². The molecular formula is C9H6F4N2O3. The zero-order valence-electron chi connectivity index (χ0n) is 8.62. The fourth-order valence-corrected chi connectivity index (χ4v) is 1.17. The second-order valence-corrected chi connectivity index (χ2v) is 3.17. The van der Waals surface area contributed by atoms with Gasteiger partial charge in [0, 0.05) is 12.1 Å². The second-order valence-electron chi connectivity index (χ2n) is 3.17. The predicted molar refractivity (Wildman–Crippen MR) is 52.7 cm³/mol. The van der Waals surface area contributed by atoms with Gasteiger partial charge in [-0.1, -0.05) is 0 Å². The van der Waals surface area contributed by atoms with E-state index in [1.165, 1.54) is 0 Å². The zero-order valence-corrected chi connectivity index (χ0v) is 8.62. The van der Waals surface area contributed by atoms with E-state index in [-0.39, 0.29) is 6.07 Å². The van der Waals surface area contributed by atoms with E-state index in [0.29, 0.717) is 6.07 Å². The first-order chi connectivity index (χ1) is 8.25. The van der Waals surface area contributed by atoms with E-state index in [2.05, 4.69) is 0 Å². The van der Waals surface area contributed by atoms with Gasteiger partial charge in [0.1, 0.15) is 0 Å². The van der Waals surface area contributed by atoms with E-state index in [0.717, 1.165) is 6.07 Å². The van der Waals surface area contributed by atoms with Crippen LogP contribution in [-0.4, -0.2) is 17.5 Å². The lowest BCUT2D eigenvalue weighted by molar-refractivity contribution is -0.385. The molecule has 1 amide bonds. The minimum atomic E-state index is -4.90. The Morgan fingerprint density at radius 3 is 2.44 bits per heavy atom. The van der Waals surface area contributed by atoms with Crippen molar-refractivity contribution in [3.8, 4) is 0 Å². The van der Waals surface area contributed by atoms with Gasteiger partial charge in [0.15, 0.2) is 6.67 Å². The smallest absolute Gasteiger partial charge is 0.323 e. The number of non-ortho nitro benzene ring substituents is 1. The third kappa shape index (κ3) is 3.15. The van der Waals surface area contributed by atoms with Gasteiger partial charge >= 0.3 is 6.18 Å². The van der Waals surface area contributed by atoms with Crippen LogP contribution in [0.3, 0.4) is 0 Å². The Bertz CT molecular complexity index is 487. The fourth-order valence-electron chi connectivity index (χ4n) is 1.17. The highest BCUT2D eigenvalue weighted by Crippen LogP contribution is 2.37. The van der Waals surface area contributed by atoms with Crippen LogP contribution in [0.1, 0.15) is 5.56 Å². The normalized spacial score (nSPS) is 11.1. The number of nitro benzene ring substituents is 1. The summed E-state index contributed by atoms with van der Waals surface area (Å²) in [4.78, 5) is 20.0. The summed E-state index contributed by atoms with van der Waals surface area (Å²) < 4.78 is 49.6. The lowest BCUT2D eigenvalue weighted by Crippen LogP contribution is -2.17. The maximum atomic E-state index is 12.6. The van der Waals surface area contributed by atoms with Crippen molar-refractivity contribution < 1.29 is 27.3 Å². The number of carbonyl (C=O) groups is 1. The van der Waals surface area contributed by atoms with Crippen LogP contribution >= 0.6 is 0 Å². The number of benzene rings is 1. The Balaban J connectivity index is 3.26. The van der Waals surface area contributed by atoms with Crippen LogP contribution in [0.4, 0.5) is 28.9 Å². The summed E-state index contributed by atoms with van der Waals surface area (Å²) in [6, 6.07) is 1.76. The Hall–Kier alpha value is -2.19. The predicted octanol–water partition coefficient (Wildman–Crippen LogP) is 2.52. The summed E-state index contributed by atoms with van der Waals surface area (Å²) in [5.74, 6) is -1.27. The van der Waals surface area contributed by atoms with Crippen LogP contribution in [0.25, 0.3) is 0 Å². The van der Waals surface area contributed by atoms with E-state index in [9.17, 15) is 32.5 Å². The van der Waals surface area contributed by atoms with Crippen molar-refractivity contribution >= 4 is 17.3 Å². The highest BCUT2D eigenvalue weighted by molar-refractivity contribution is 5.92. The van der Waals surface area contributed by atoms with Gasteiger partial charge in [-0.15, -0.1) is 0 Å². The summed E-state index contributed by atoms with van der Waals surface area (Å²) in [5, 5.41) is 12.0. The van der Waals surface area contributed by atoms with Gasteiger partial charge in [-0.25, -0.2) is 4.39 Å². The van der Waals surface area contributed by atoms with Crippen LogP contribution in [0.5, 0.6) is 0 Å². The molecule has 9 heteroatoms. The minimum Gasteiger partial charge on any atom is -0.323 e. The highest BCUT2D eigenvalue weighted by Gasteiger charge is 2.35. The van der Waals surface area contributed by atoms with E-state index in [4.69, 9.17) is 0 Å². The molecule has 0 aliphatic carbocycles. The van der Waals surface area contributed by atoms with E-state index in [1.807, 2.05) is 0 Å². The Kier molecular flexibility index (Phi) is 3.84. The molecule has 0 radical (unpaired) electrons. The average Bonchev–Trinajstić information content (AvgIpc) is 2.27. The third-order valence-corrected chi connectivity index (χ3v) is 1.91. The minimum absolute atomic E-state index is 0.272. The molecule has 0 fully saturated rings. The molecule has 0 aromatic heterocycles. The molecule has 0 bridgehead atoms. The first-order valence-electron chi connectivity index (χ1n) is 4.47. The van der Waals surface area contributed by atoms with Crippen molar-refractivity contribution in [2.75, 3.05) is 12.0 Å². The van der Waals surface area contributed by atoms with Crippen molar-refractivity contribution in [2.45, 2.75) is 6.18 Å². The number of halogens is 4. The lowest BCUT2D eigenvalue weighted by atomic mass is 10.1. The van der Waals surface area contributed by atoms with E-state index >= 15 is 0 Å². The third-order valence-electron chi connectivity index (χ3n) is 1.91. The van der Waals surface area contributed by atoms with E-state index in [1.54, 1.807) is 5.32 Å². The first kappa shape index (κ1) is 13.9. The van der Waals surface area contributed by atoms with Crippen LogP contribution in [0, 0.1) is 10.1 Å². The highest BCUT2D eigenvalue weighted by atomic mass is 19.4. The fraction of sp³-hybridized carbons (Fsp3) is 0.222. The quantitative estimate of drug-likeness (QED) is 0.519. The number of hydrogen-bond acceptors (Lipinski definition) is 3. The standard InChI is InChI=1S/C9H6F4N2O3/c10-4-8(16)14-7-2-1-5(15(17)18)3-6(7)9(11,12)13/h1-3H,4H2,(H,14,16). The number of amides is 1. The number of alkyl halides is 4. The maximum Gasteiger partial charge on any atom is 0.418 e. The van der Waals surface area contributed by atoms with Crippen LogP contribution in [0.15, 0.2) is 18.2 Å². The topological polar surface area (TPSA) is 72.2 Å². The van der Waals surface area contributed by atoms with Crippen molar-refractivity contribution in [3.05, 3.63) is 33.9 Å². The molecule has 18 heavy (non-hydrogen) atoms. The molecule has 1 aromatic rings. The average molecular weight is 266 g/mol. The zero-order chi connectivity index (χ0) is 13.9. The number of nitro groups is 1. The molecule has 1 N–H and O–H groups in total. The lowest BCUT2D eigenvalue weighted by Gasteiger charge is -2.12. The van der Waals surface area contributed by atoms with Crippen LogP contribution < -0.4 is 5.32 Å². The Labute approximate surface area is 97.6 Å². The summed E-state index contributed by atoms with van der Waals surface area (Å²) >= 11 is 0. The van der Waals surface area contributed by atoms with Gasteiger partial charge in [-0.3, -0.25) is 14.9 Å². The number of hydrogen-bond donors (Lipinski definition) is 1. The second kappa shape index (κ2) is 4.98. The van der Waals surface area contributed by atoms with Crippen molar-refractivity contribution in [1.29, 1.82) is 0 Å². The molecule has 0 saturated heterocycles. The van der Waals surface area contributed by atoms with Crippen molar-refractivity contribution in [2.24, 2.45) is 0 Å². The number of nitrogens with one attached hydrogen (secondary N) is 1. The van der Waals surface area contributed by atoms with Gasteiger partial charge in [0.2, 0.25) is 0 Å². The number of nitrogens with zero attached hydrogens (tertiary/aromatic N) is 1. The molecule has 0 unspecified atom stereocenters. The largest absolute Gasteiger partial charge is 0.418 e. The monoisotopic (exact) mass is 266 g/mol. The number of rotatable bonds is 3. The molecule has 0 aliphatic rings. The molecule has 98 valence electrons. The molecule has 0 saturated carbocycles. The molecule has 0 spiro atoms. The van der Waals surface area contributed by atoms with Gasteiger partial charge in [-0.05, 0) is 6.07 Å². The number of anilines is 1. The summed E-state index contributed by atoms with van der Waals surface area (Å²) in [7, 11) is 0. The molecule has 0 heterocycles. The van der Waals surface area contributed by atoms with Gasteiger partial charge < -0.3 is 5.32 Å². The summed E-state index contributed by atoms with van der Waals surface area (Å²) in [6.07, 6.45) is -4.90. The molecular weight excluding hydrogens is 260 g/mol. The molecule has 0 atom stereocenters. The SMILES string of the molecule is O=C(CF)Nc1ccc([N+](=O)[O-])cc1C(F)(F)F. The Morgan fingerprint density at radius 1 is 1.39 bits per heavy atom. The van der Waals surface area contributed by atoms with E-state index < -0.39 is 40.6 Å². The molecule has 1 rings (SSSR count). The first-order valence-corrected chi connectivity index (χ1v) is 4.47. The molecule has 1 aromatic carbocycles. The van der Waals surface area contributed by atoms with Crippen molar-refractivity contribution in [1.82, 2.24) is 0 Å². The summed E-state index contributed by atoms with van der Waals surface area (Å²) in [6.45, 7) is -1.49. The maximum absolute atomic E-state index is 12.6. The molecule has 5 nitrogen and oxygen atoms in total. The molecule has 0 aliphatic heterocycles. The van der Waals surface area contributed by atoms with Gasteiger partial charge in [0.05, 0.1) is 16.2 Å². The van der Waals surface area contributed by atoms with Crippen LogP contribution in [0.2, 0.25) is 0 Å². The summed E-state index contributed by atoms with van der Waals surface area (Å²) in [5.41, 5.74) is -2.91.